The number of aromatic nitrogens is 2. The Morgan fingerprint density at radius 1 is 1.29 bits per heavy atom. The summed E-state index contributed by atoms with van der Waals surface area (Å²) in [6.45, 7) is 1.49. The molecule has 0 aliphatic heterocycles. The van der Waals surface area contributed by atoms with Crippen LogP contribution in [0.25, 0.3) is 0 Å². The van der Waals surface area contributed by atoms with Gasteiger partial charge in [0.05, 0.1) is 4.90 Å². The molecule has 110 valence electrons. The number of aryl methyl sites for hydroxylation is 1. The fourth-order valence-corrected chi connectivity index (χ4v) is 2.89. The van der Waals surface area contributed by atoms with Gasteiger partial charge in [0.2, 0.25) is 0 Å². The van der Waals surface area contributed by atoms with Crippen molar-refractivity contribution >= 4 is 21.8 Å². The second-order valence-corrected chi connectivity index (χ2v) is 5.72. The van der Waals surface area contributed by atoms with Crippen molar-refractivity contribution in [1.29, 1.82) is 0 Å². The highest BCUT2D eigenvalue weighted by Gasteiger charge is 2.22. The summed E-state index contributed by atoms with van der Waals surface area (Å²) in [4.78, 5) is 17.8. The molecule has 9 heteroatoms. The van der Waals surface area contributed by atoms with Gasteiger partial charge in [-0.3, -0.25) is 4.72 Å². The fourth-order valence-electron chi connectivity index (χ4n) is 1.61. The molecule has 2 rings (SSSR count). The molecule has 0 fully saturated rings. The summed E-state index contributed by atoms with van der Waals surface area (Å²) in [7, 11) is -4.18. The van der Waals surface area contributed by atoms with Crippen molar-refractivity contribution in [3.05, 3.63) is 47.7 Å². The molecule has 0 amide bonds. The Morgan fingerprint density at radius 3 is 2.62 bits per heavy atom. The minimum absolute atomic E-state index is 0.301. The standard InChI is InChI=1S/C12H10FN3O4S/c1-7-2-3-8(13)6-9(7)21(19,20)16-11-10(12(17)18)14-4-5-15-11/h2-6H,1H3,(H,15,16)(H,17,18). The van der Waals surface area contributed by atoms with Crippen molar-refractivity contribution < 1.29 is 22.7 Å². The van der Waals surface area contributed by atoms with Gasteiger partial charge in [0.15, 0.2) is 11.5 Å². The van der Waals surface area contributed by atoms with E-state index in [1.54, 1.807) is 0 Å². The molecule has 0 radical (unpaired) electrons. The summed E-state index contributed by atoms with van der Waals surface area (Å²) >= 11 is 0. The van der Waals surface area contributed by atoms with Gasteiger partial charge in [-0.15, -0.1) is 0 Å². The number of hydrogen-bond donors (Lipinski definition) is 2. The second-order valence-electron chi connectivity index (χ2n) is 4.07. The summed E-state index contributed by atoms with van der Waals surface area (Å²) in [5, 5.41) is 8.93. The number of aromatic carboxylic acids is 1. The van der Waals surface area contributed by atoms with E-state index in [1.165, 1.54) is 13.0 Å². The average molecular weight is 311 g/mol. The minimum atomic E-state index is -4.18. The van der Waals surface area contributed by atoms with Crippen molar-refractivity contribution in [2.24, 2.45) is 0 Å². The van der Waals surface area contributed by atoms with Crippen LogP contribution in [0.1, 0.15) is 16.1 Å². The van der Waals surface area contributed by atoms with Gasteiger partial charge in [0, 0.05) is 12.4 Å². The molecule has 7 nitrogen and oxygen atoms in total. The van der Waals surface area contributed by atoms with Crippen molar-refractivity contribution in [3.8, 4) is 0 Å². The van der Waals surface area contributed by atoms with E-state index in [0.717, 1.165) is 24.5 Å². The molecule has 2 aromatic rings. The molecule has 1 heterocycles. The first kappa shape index (κ1) is 14.9. The van der Waals surface area contributed by atoms with Gasteiger partial charge >= 0.3 is 5.97 Å². The van der Waals surface area contributed by atoms with E-state index in [4.69, 9.17) is 5.11 Å². The summed E-state index contributed by atoms with van der Waals surface area (Å²) in [5.41, 5.74) is -0.236. The number of hydrogen-bond acceptors (Lipinski definition) is 5. The van der Waals surface area contributed by atoms with E-state index in [-0.39, 0.29) is 4.90 Å². The maximum atomic E-state index is 13.2. The smallest absolute Gasteiger partial charge is 0.358 e. The Hall–Kier alpha value is -2.55. The molecule has 0 unspecified atom stereocenters. The number of halogens is 1. The second kappa shape index (κ2) is 5.44. The molecule has 0 spiro atoms. The van der Waals surface area contributed by atoms with Crippen molar-refractivity contribution in [1.82, 2.24) is 9.97 Å². The van der Waals surface area contributed by atoms with Crippen molar-refractivity contribution in [2.75, 3.05) is 4.72 Å². The zero-order valence-electron chi connectivity index (χ0n) is 10.7. The predicted octanol–water partition coefficient (Wildman–Crippen LogP) is 1.42. The van der Waals surface area contributed by atoms with E-state index in [9.17, 15) is 17.6 Å². The topological polar surface area (TPSA) is 109 Å². The zero-order valence-corrected chi connectivity index (χ0v) is 11.6. The summed E-state index contributed by atoms with van der Waals surface area (Å²) in [6, 6.07) is 3.27. The number of benzene rings is 1. The lowest BCUT2D eigenvalue weighted by molar-refractivity contribution is 0.0691. The van der Waals surface area contributed by atoms with Gasteiger partial charge in [0.25, 0.3) is 10.0 Å². The van der Waals surface area contributed by atoms with Crippen LogP contribution < -0.4 is 4.72 Å². The molecule has 1 aromatic heterocycles. The van der Waals surface area contributed by atoms with Crippen LogP contribution in [0.3, 0.4) is 0 Å². The molecular formula is C12H10FN3O4S. The molecule has 0 bridgehead atoms. The number of sulfonamides is 1. The molecule has 0 saturated carbocycles. The normalized spacial score (nSPS) is 11.1. The first-order chi connectivity index (χ1) is 9.81. The lowest BCUT2D eigenvalue weighted by Crippen LogP contribution is -2.18. The van der Waals surface area contributed by atoms with Crippen molar-refractivity contribution in [3.63, 3.8) is 0 Å². The average Bonchev–Trinajstić information content (AvgIpc) is 2.41. The van der Waals surface area contributed by atoms with E-state index in [1.807, 2.05) is 4.72 Å². The van der Waals surface area contributed by atoms with Crippen molar-refractivity contribution in [2.45, 2.75) is 11.8 Å². The zero-order chi connectivity index (χ0) is 15.6. The molecule has 2 N–H and O–H groups in total. The van der Waals surface area contributed by atoms with Gasteiger partial charge in [0.1, 0.15) is 5.82 Å². The lowest BCUT2D eigenvalue weighted by Gasteiger charge is -2.10. The van der Waals surface area contributed by atoms with E-state index in [2.05, 4.69) is 9.97 Å². The number of rotatable bonds is 4. The maximum absolute atomic E-state index is 13.2. The third-order valence-electron chi connectivity index (χ3n) is 2.57. The third kappa shape index (κ3) is 3.14. The number of carboxylic acid groups (broad SMARTS) is 1. The molecule has 0 aliphatic carbocycles. The Labute approximate surface area is 119 Å². The Kier molecular flexibility index (Phi) is 3.85. The van der Waals surface area contributed by atoms with Crippen LogP contribution in [0, 0.1) is 12.7 Å². The number of nitrogens with zero attached hydrogens (tertiary/aromatic N) is 2. The first-order valence-corrected chi connectivity index (χ1v) is 7.13. The highest BCUT2D eigenvalue weighted by molar-refractivity contribution is 7.92. The van der Waals surface area contributed by atoms with Gasteiger partial charge in [-0.2, -0.15) is 0 Å². The number of nitrogens with one attached hydrogen (secondary N) is 1. The van der Waals surface area contributed by atoms with Gasteiger partial charge < -0.3 is 5.11 Å². The fraction of sp³-hybridized carbons (Fsp3) is 0.0833. The Bertz CT molecular complexity index is 808. The van der Waals surface area contributed by atoms with Crippen LogP contribution in [0.4, 0.5) is 10.2 Å². The molecule has 0 aliphatic rings. The first-order valence-electron chi connectivity index (χ1n) is 5.64. The van der Waals surface area contributed by atoms with Gasteiger partial charge in [-0.05, 0) is 24.6 Å². The molecule has 0 saturated heterocycles. The lowest BCUT2D eigenvalue weighted by atomic mass is 10.2. The Balaban J connectivity index is 2.48. The van der Waals surface area contributed by atoms with Gasteiger partial charge in [-0.1, -0.05) is 6.07 Å². The summed E-state index contributed by atoms with van der Waals surface area (Å²) < 4.78 is 39.6. The minimum Gasteiger partial charge on any atom is -0.476 e. The number of carbonyl (C=O) groups is 1. The SMILES string of the molecule is Cc1ccc(F)cc1S(=O)(=O)Nc1nccnc1C(=O)O. The molecular weight excluding hydrogens is 301 g/mol. The number of carboxylic acids is 1. The van der Waals surface area contributed by atoms with E-state index >= 15 is 0 Å². The maximum Gasteiger partial charge on any atom is 0.358 e. The quantitative estimate of drug-likeness (QED) is 0.884. The number of anilines is 1. The largest absolute Gasteiger partial charge is 0.476 e. The molecule has 0 atom stereocenters. The highest BCUT2D eigenvalue weighted by atomic mass is 32.2. The predicted molar refractivity (Wildman–Crippen MR) is 70.9 cm³/mol. The summed E-state index contributed by atoms with van der Waals surface area (Å²) in [6.07, 6.45) is 2.26. The highest BCUT2D eigenvalue weighted by Crippen LogP contribution is 2.20. The van der Waals surface area contributed by atoms with Crippen LogP contribution in [0.15, 0.2) is 35.5 Å². The third-order valence-corrected chi connectivity index (χ3v) is 4.05. The van der Waals surface area contributed by atoms with Crippen LogP contribution in [-0.4, -0.2) is 29.5 Å². The van der Waals surface area contributed by atoms with Crippen LogP contribution >= 0.6 is 0 Å². The van der Waals surface area contributed by atoms with E-state index < -0.39 is 33.3 Å². The summed E-state index contributed by atoms with van der Waals surface area (Å²) in [5.74, 6) is -2.59. The molecule has 21 heavy (non-hydrogen) atoms. The monoisotopic (exact) mass is 311 g/mol. The van der Waals surface area contributed by atoms with E-state index in [0.29, 0.717) is 5.56 Å². The Morgan fingerprint density at radius 2 is 1.95 bits per heavy atom. The molecule has 1 aromatic carbocycles. The van der Waals surface area contributed by atoms with Gasteiger partial charge in [-0.25, -0.2) is 27.6 Å². The van der Waals surface area contributed by atoms with Crippen LogP contribution in [-0.2, 0) is 10.0 Å². The van der Waals surface area contributed by atoms with Crippen LogP contribution in [0.5, 0.6) is 0 Å². The van der Waals surface area contributed by atoms with Crippen LogP contribution in [0.2, 0.25) is 0 Å².